The highest BCUT2D eigenvalue weighted by Gasteiger charge is 2.09. The highest BCUT2D eigenvalue weighted by atomic mass is 16.5. The Morgan fingerprint density at radius 1 is 1.30 bits per heavy atom. The Balaban J connectivity index is 2.24. The van der Waals surface area contributed by atoms with Crippen LogP contribution in [0.3, 0.4) is 0 Å². The lowest BCUT2D eigenvalue weighted by Crippen LogP contribution is -2.12. The molecule has 0 aliphatic heterocycles. The summed E-state index contributed by atoms with van der Waals surface area (Å²) in [6.45, 7) is 4.93. The van der Waals surface area contributed by atoms with Gasteiger partial charge in [-0.1, -0.05) is 37.3 Å². The third-order valence-electron chi connectivity index (χ3n) is 3.30. The summed E-state index contributed by atoms with van der Waals surface area (Å²) in [6.07, 6.45) is 2.03. The van der Waals surface area contributed by atoms with Crippen LogP contribution in [0.2, 0.25) is 0 Å². The van der Waals surface area contributed by atoms with Crippen molar-refractivity contribution in [1.82, 2.24) is 0 Å². The molecule has 2 aromatic rings. The van der Waals surface area contributed by atoms with Crippen LogP contribution in [0.25, 0.3) is 10.8 Å². The fourth-order valence-corrected chi connectivity index (χ4v) is 2.36. The van der Waals surface area contributed by atoms with Crippen LogP contribution in [0.4, 0.5) is 0 Å². The summed E-state index contributed by atoms with van der Waals surface area (Å²) in [5, 5.41) is 10.9. The summed E-state index contributed by atoms with van der Waals surface area (Å²) < 4.78 is 5.67. The Labute approximate surface area is 119 Å². The molecule has 0 amide bonds. The van der Waals surface area contributed by atoms with Gasteiger partial charge in [-0.15, -0.1) is 0 Å². The van der Waals surface area contributed by atoms with E-state index in [1.807, 2.05) is 24.3 Å². The maximum absolute atomic E-state index is 11.2. The molecule has 0 radical (unpaired) electrons. The van der Waals surface area contributed by atoms with Gasteiger partial charge in [0.1, 0.15) is 0 Å². The zero-order chi connectivity index (χ0) is 14.5. The Bertz CT molecular complexity index is 604. The van der Waals surface area contributed by atoms with Crippen LogP contribution in [0.5, 0.6) is 0 Å². The summed E-state index contributed by atoms with van der Waals surface area (Å²) in [5.41, 5.74) is 1.52. The second-order valence-corrected chi connectivity index (χ2v) is 5.05. The fourth-order valence-electron chi connectivity index (χ4n) is 2.36. The lowest BCUT2D eigenvalue weighted by molar-refractivity contribution is 0.0668. The first-order valence-corrected chi connectivity index (χ1v) is 6.98. The average Bonchev–Trinajstić information content (AvgIpc) is 2.44. The number of hydrogen-bond donors (Lipinski definition) is 1. The van der Waals surface area contributed by atoms with E-state index in [9.17, 15) is 9.90 Å². The Morgan fingerprint density at radius 3 is 2.80 bits per heavy atom. The Kier molecular flexibility index (Phi) is 4.74. The van der Waals surface area contributed by atoms with Gasteiger partial charge in [0.05, 0.1) is 11.7 Å². The van der Waals surface area contributed by atoms with E-state index in [1.54, 1.807) is 12.1 Å². The van der Waals surface area contributed by atoms with Crippen molar-refractivity contribution >= 4 is 16.7 Å². The molecule has 0 bridgehead atoms. The first-order valence-electron chi connectivity index (χ1n) is 6.98. The van der Waals surface area contributed by atoms with E-state index in [1.165, 1.54) is 5.56 Å². The summed E-state index contributed by atoms with van der Waals surface area (Å²) in [6, 6.07) is 11.3. The van der Waals surface area contributed by atoms with Gasteiger partial charge in [-0.3, -0.25) is 0 Å². The fraction of sp³-hybridized carbons (Fsp3) is 0.353. The maximum Gasteiger partial charge on any atom is 0.336 e. The molecule has 0 aromatic heterocycles. The maximum atomic E-state index is 11.2. The number of benzene rings is 2. The van der Waals surface area contributed by atoms with E-state index < -0.39 is 5.97 Å². The summed E-state index contributed by atoms with van der Waals surface area (Å²) >= 11 is 0. The van der Waals surface area contributed by atoms with Gasteiger partial charge in [0.25, 0.3) is 0 Å². The number of carboxylic acid groups (broad SMARTS) is 1. The number of fused-ring (bicyclic) bond motifs is 1. The minimum Gasteiger partial charge on any atom is -0.478 e. The van der Waals surface area contributed by atoms with Crippen molar-refractivity contribution in [2.24, 2.45) is 0 Å². The minimum absolute atomic E-state index is 0.176. The van der Waals surface area contributed by atoms with Crippen molar-refractivity contribution in [3.8, 4) is 0 Å². The van der Waals surface area contributed by atoms with E-state index in [2.05, 4.69) is 13.8 Å². The average molecular weight is 272 g/mol. The van der Waals surface area contributed by atoms with Crippen LogP contribution in [-0.2, 0) is 11.2 Å². The highest BCUT2D eigenvalue weighted by Crippen LogP contribution is 2.21. The molecule has 0 saturated heterocycles. The summed E-state index contributed by atoms with van der Waals surface area (Å²) in [4.78, 5) is 11.2. The van der Waals surface area contributed by atoms with E-state index in [4.69, 9.17) is 4.74 Å². The van der Waals surface area contributed by atoms with Crippen molar-refractivity contribution in [3.05, 3.63) is 47.5 Å². The molecule has 0 saturated carbocycles. The molecule has 0 heterocycles. The van der Waals surface area contributed by atoms with Gasteiger partial charge in [0, 0.05) is 6.61 Å². The second-order valence-electron chi connectivity index (χ2n) is 5.05. The van der Waals surface area contributed by atoms with E-state index in [0.717, 1.165) is 30.2 Å². The Hall–Kier alpha value is -1.87. The third-order valence-corrected chi connectivity index (χ3v) is 3.30. The van der Waals surface area contributed by atoms with Crippen molar-refractivity contribution < 1.29 is 14.6 Å². The molecule has 3 heteroatoms. The van der Waals surface area contributed by atoms with E-state index in [-0.39, 0.29) is 6.10 Å². The zero-order valence-electron chi connectivity index (χ0n) is 11.9. The first-order chi connectivity index (χ1) is 9.61. The standard InChI is InChI=1S/C17H20O3/c1-3-9-20-12(2)10-13-7-8-15-14(11-13)5-4-6-16(15)17(18)19/h4-8,11-12H,3,9-10H2,1-2H3,(H,18,19). The van der Waals surface area contributed by atoms with Crippen molar-refractivity contribution in [1.29, 1.82) is 0 Å². The van der Waals surface area contributed by atoms with Gasteiger partial charge < -0.3 is 9.84 Å². The molecular weight excluding hydrogens is 252 g/mol. The monoisotopic (exact) mass is 272 g/mol. The molecule has 0 fully saturated rings. The normalized spacial score (nSPS) is 12.5. The van der Waals surface area contributed by atoms with Gasteiger partial charge in [-0.25, -0.2) is 4.79 Å². The molecular formula is C17H20O3. The van der Waals surface area contributed by atoms with E-state index in [0.29, 0.717) is 5.56 Å². The van der Waals surface area contributed by atoms with Crippen LogP contribution in [-0.4, -0.2) is 23.8 Å². The van der Waals surface area contributed by atoms with Crippen LogP contribution in [0.15, 0.2) is 36.4 Å². The highest BCUT2D eigenvalue weighted by molar-refractivity contribution is 6.03. The molecule has 20 heavy (non-hydrogen) atoms. The van der Waals surface area contributed by atoms with Gasteiger partial charge in [0.2, 0.25) is 0 Å². The molecule has 0 aliphatic carbocycles. The van der Waals surface area contributed by atoms with Gasteiger partial charge in [0.15, 0.2) is 0 Å². The quantitative estimate of drug-likeness (QED) is 0.867. The van der Waals surface area contributed by atoms with Gasteiger partial charge in [-0.2, -0.15) is 0 Å². The lowest BCUT2D eigenvalue weighted by Gasteiger charge is -2.13. The summed E-state index contributed by atoms with van der Waals surface area (Å²) in [5.74, 6) is -0.886. The third kappa shape index (κ3) is 3.36. The first kappa shape index (κ1) is 14.5. The van der Waals surface area contributed by atoms with Crippen molar-refractivity contribution in [3.63, 3.8) is 0 Å². The van der Waals surface area contributed by atoms with Gasteiger partial charge >= 0.3 is 5.97 Å². The molecule has 1 N–H and O–H groups in total. The van der Waals surface area contributed by atoms with Crippen LogP contribution in [0, 0.1) is 0 Å². The molecule has 3 nitrogen and oxygen atoms in total. The zero-order valence-corrected chi connectivity index (χ0v) is 11.9. The molecule has 106 valence electrons. The predicted octanol–water partition coefficient (Wildman–Crippen LogP) is 3.90. The number of aromatic carboxylic acids is 1. The van der Waals surface area contributed by atoms with Crippen LogP contribution >= 0.6 is 0 Å². The van der Waals surface area contributed by atoms with E-state index >= 15 is 0 Å². The minimum atomic E-state index is -0.886. The summed E-state index contributed by atoms with van der Waals surface area (Å²) in [7, 11) is 0. The topological polar surface area (TPSA) is 46.5 Å². The largest absolute Gasteiger partial charge is 0.478 e. The number of rotatable bonds is 6. The van der Waals surface area contributed by atoms with Crippen LogP contribution < -0.4 is 0 Å². The Morgan fingerprint density at radius 2 is 2.10 bits per heavy atom. The molecule has 2 aromatic carbocycles. The molecule has 0 aliphatic rings. The lowest BCUT2D eigenvalue weighted by atomic mass is 10.00. The molecule has 1 unspecified atom stereocenters. The van der Waals surface area contributed by atoms with Crippen molar-refractivity contribution in [2.45, 2.75) is 32.8 Å². The number of carbonyl (C=O) groups is 1. The number of hydrogen-bond acceptors (Lipinski definition) is 2. The van der Waals surface area contributed by atoms with Gasteiger partial charge in [-0.05, 0) is 42.2 Å². The SMILES string of the molecule is CCCOC(C)Cc1ccc2c(C(=O)O)cccc2c1. The number of ether oxygens (including phenoxy) is 1. The smallest absolute Gasteiger partial charge is 0.336 e. The second kappa shape index (κ2) is 6.53. The predicted molar refractivity (Wildman–Crippen MR) is 80.3 cm³/mol. The van der Waals surface area contributed by atoms with Crippen LogP contribution in [0.1, 0.15) is 36.2 Å². The van der Waals surface area contributed by atoms with Crippen molar-refractivity contribution in [2.75, 3.05) is 6.61 Å². The molecule has 2 rings (SSSR count). The molecule has 0 spiro atoms. The number of carboxylic acids is 1. The molecule has 1 atom stereocenters.